The molecule has 22 nitrogen and oxygen atoms in total. The lowest BCUT2D eigenvalue weighted by molar-refractivity contribution is -0.384. The highest BCUT2D eigenvalue weighted by Crippen LogP contribution is 2.44. The maximum atomic E-state index is 14.2. The summed E-state index contributed by atoms with van der Waals surface area (Å²) < 4.78 is 42.0. The van der Waals surface area contributed by atoms with Crippen LogP contribution in [0, 0.1) is 33.3 Å². The second-order valence-corrected chi connectivity index (χ2v) is 25.5. The predicted octanol–water partition coefficient (Wildman–Crippen LogP) is 8.33. The summed E-state index contributed by atoms with van der Waals surface area (Å²) in [4.78, 5) is 104. The van der Waals surface area contributed by atoms with E-state index < -0.39 is 61.1 Å². The highest BCUT2D eigenvalue weighted by atomic mass is 35.5. The highest BCUT2D eigenvalue weighted by Gasteiger charge is 2.45. The van der Waals surface area contributed by atoms with Crippen LogP contribution >= 0.6 is 11.6 Å². The maximum Gasteiger partial charge on any atom is 0.293 e. The number of aromatic amines is 1. The Kier molecular flexibility index (Phi) is 17.8. The number of halogens is 1. The lowest BCUT2D eigenvalue weighted by Crippen LogP contribution is -2.54. The summed E-state index contributed by atoms with van der Waals surface area (Å²) in [5, 5.41) is 19.2. The third-order valence-electron chi connectivity index (χ3n) is 16.9. The number of likely N-dealkylation sites (tertiary alicyclic amines) is 1. The number of nitro benzene ring substituents is 1. The number of imide groups is 2. The van der Waals surface area contributed by atoms with Crippen LogP contribution in [-0.4, -0.2) is 145 Å². The molecule has 4 aromatic carbocycles. The average Bonchev–Trinajstić information content (AvgIpc) is 2.22. The molecule has 5 aliphatic rings. The van der Waals surface area contributed by atoms with E-state index in [0.717, 1.165) is 60.9 Å². The molecule has 11 rings (SSSR count). The summed E-state index contributed by atoms with van der Waals surface area (Å²) in [6.07, 6.45) is 7.64. The number of pyridine rings is 1. The molecule has 0 spiro atoms. The second kappa shape index (κ2) is 25.8. The van der Waals surface area contributed by atoms with Gasteiger partial charge in [0.25, 0.3) is 33.4 Å². The number of carbonyl (C=O) groups excluding carboxylic acids is 6. The largest absolute Gasteiger partial charge is 0.455 e. The van der Waals surface area contributed by atoms with Crippen LogP contribution in [0.4, 0.5) is 17.1 Å². The zero-order valence-corrected chi connectivity index (χ0v) is 50.1. The Morgan fingerprint density at radius 2 is 1.69 bits per heavy atom. The summed E-state index contributed by atoms with van der Waals surface area (Å²) in [5.41, 5.74) is 5.57. The van der Waals surface area contributed by atoms with E-state index in [9.17, 15) is 47.3 Å². The fourth-order valence-corrected chi connectivity index (χ4v) is 13.1. The van der Waals surface area contributed by atoms with Crippen molar-refractivity contribution < 1.29 is 51.6 Å². The average molecular weight is 1230 g/mol. The molecule has 1 unspecified atom stereocenters. The monoisotopic (exact) mass is 1230 g/mol. The van der Waals surface area contributed by atoms with Gasteiger partial charge in [-0.05, 0) is 122 Å². The lowest BCUT2D eigenvalue weighted by Gasteiger charge is -2.39. The van der Waals surface area contributed by atoms with Gasteiger partial charge in [0.2, 0.25) is 17.7 Å². The third kappa shape index (κ3) is 13.6. The van der Waals surface area contributed by atoms with Gasteiger partial charge < -0.3 is 29.6 Å². The first-order chi connectivity index (χ1) is 42.3. The first-order valence-corrected chi connectivity index (χ1v) is 31.1. The van der Waals surface area contributed by atoms with Gasteiger partial charge in [0.05, 0.1) is 45.7 Å². The smallest absolute Gasteiger partial charge is 0.293 e. The SMILES string of the molecule is CC1(C)CCC(CN2CCN(c3ccc(C(=O)NS(=O)(=O)c4ccc(NCC5CCN(C(=O)CCOCC#Cc6cccc7c6C(=O)N(C6CCC(=O)NC6=O)C7=O)CC5)c([N+](=O)[O-])c4)c(Oc4cnc5[nH]ccc5c4)c3)CC2)=C(c2ccc(Cl)cc2)C1. The van der Waals surface area contributed by atoms with E-state index >= 15 is 0 Å². The topological polar surface area (TPSA) is 276 Å². The maximum absolute atomic E-state index is 14.2. The number of aromatic nitrogens is 2. The number of H-pyrrole nitrogens is 1. The number of nitro groups is 1. The van der Waals surface area contributed by atoms with Crippen LogP contribution in [0.15, 0.2) is 114 Å². The van der Waals surface area contributed by atoms with Gasteiger partial charge >= 0.3 is 0 Å². The van der Waals surface area contributed by atoms with Crippen molar-refractivity contribution in [3.8, 4) is 23.3 Å². The molecule has 88 heavy (non-hydrogen) atoms. The van der Waals surface area contributed by atoms with Crippen LogP contribution in [0.5, 0.6) is 11.5 Å². The normalized spacial score (nSPS) is 18.2. The Hall–Kier alpha value is -8.95. The molecule has 24 heteroatoms. The molecule has 1 atom stereocenters. The highest BCUT2D eigenvalue weighted by molar-refractivity contribution is 7.90. The number of ether oxygens (including phenoxy) is 2. The molecule has 2 aromatic heterocycles. The minimum atomic E-state index is -4.68. The van der Waals surface area contributed by atoms with Crippen LogP contribution in [0.3, 0.4) is 0 Å². The third-order valence-corrected chi connectivity index (χ3v) is 18.5. The number of benzene rings is 4. The molecule has 0 saturated carbocycles. The van der Waals surface area contributed by atoms with Gasteiger partial charge in [-0.1, -0.05) is 61.1 Å². The molecular formula is C64H65ClN10O12S. The number of sulfonamides is 1. The number of amides is 6. The summed E-state index contributed by atoms with van der Waals surface area (Å²) in [5.74, 6) is 2.48. The van der Waals surface area contributed by atoms with E-state index in [1.165, 1.54) is 47.2 Å². The van der Waals surface area contributed by atoms with E-state index in [1.54, 1.807) is 41.4 Å². The van der Waals surface area contributed by atoms with Crippen LogP contribution < -0.4 is 25.0 Å². The van der Waals surface area contributed by atoms with Gasteiger partial charge in [-0.2, -0.15) is 0 Å². The number of allylic oxidation sites excluding steroid dienone is 1. The van der Waals surface area contributed by atoms with Crippen molar-refractivity contribution in [2.24, 2.45) is 11.3 Å². The Labute approximate surface area is 513 Å². The van der Waals surface area contributed by atoms with Gasteiger partial charge in [0.15, 0.2) is 0 Å². The molecule has 3 saturated heterocycles. The van der Waals surface area contributed by atoms with Gasteiger partial charge in [0, 0.05) is 98.8 Å². The molecule has 456 valence electrons. The van der Waals surface area contributed by atoms with E-state index in [-0.39, 0.29) is 83.4 Å². The van der Waals surface area contributed by atoms with E-state index in [2.05, 4.69) is 72.9 Å². The standard InChI is InChI=1S/C64H65ClN10O12S/c1-64(2)23-18-44(51(36-64)41-8-10-45(65)11-9-41)39-71-27-29-72(30-28-71)46-12-14-49(55(34-46)87-47-33-43-19-24-66-59(43)68-38-47)60(78)70-88(84,85)48-13-15-52(54(35-48)75(82)83)67-37-40-20-25-73(26-21-40)57(77)22-32-86-31-4-6-42-5-3-7-50-58(42)63(81)74(62(50)80)53-16-17-56(76)69-61(53)79/h3,5,7-15,19,24,33-35,38,40,53,67H,16-18,20-23,25-32,36-37,39H2,1-2H3,(H,66,68)(H,70,78)(H,69,76,79). The number of piperazine rings is 1. The second-order valence-electron chi connectivity index (χ2n) is 23.4. The summed E-state index contributed by atoms with van der Waals surface area (Å²) >= 11 is 6.27. The Bertz CT molecular complexity index is 3990. The molecule has 3 fully saturated rings. The number of fused-ring (bicyclic) bond motifs is 2. The fraction of sp³-hybridized carbons (Fsp3) is 0.359. The summed E-state index contributed by atoms with van der Waals surface area (Å²) in [6, 6.07) is 23.6. The number of rotatable bonds is 18. The van der Waals surface area contributed by atoms with Crippen molar-refractivity contribution in [1.82, 2.24) is 34.7 Å². The molecule has 0 radical (unpaired) electrons. The van der Waals surface area contributed by atoms with E-state index in [1.807, 2.05) is 18.2 Å². The van der Waals surface area contributed by atoms with Crippen molar-refractivity contribution in [3.05, 3.63) is 152 Å². The number of hydrogen-bond donors (Lipinski definition) is 4. The van der Waals surface area contributed by atoms with Gasteiger partial charge in [-0.25, -0.2) is 18.1 Å². The molecule has 6 amide bonds. The molecule has 0 bridgehead atoms. The number of anilines is 2. The first-order valence-electron chi connectivity index (χ1n) is 29.2. The minimum absolute atomic E-state index is 0.000141. The number of nitrogens with zero attached hydrogens (tertiary/aromatic N) is 6. The van der Waals surface area contributed by atoms with Crippen molar-refractivity contribution in [2.75, 3.05) is 75.8 Å². The Balaban J connectivity index is 0.676. The van der Waals surface area contributed by atoms with Crippen molar-refractivity contribution in [2.45, 2.75) is 76.2 Å². The Morgan fingerprint density at radius 3 is 2.45 bits per heavy atom. The van der Waals surface area contributed by atoms with Crippen molar-refractivity contribution in [3.63, 3.8) is 0 Å². The van der Waals surface area contributed by atoms with Crippen molar-refractivity contribution in [1.29, 1.82) is 0 Å². The fourth-order valence-electron chi connectivity index (χ4n) is 12.0. The molecule has 4 N–H and O–H groups in total. The van der Waals surface area contributed by atoms with Crippen LogP contribution in [0.25, 0.3) is 16.6 Å². The summed E-state index contributed by atoms with van der Waals surface area (Å²) in [7, 11) is -4.68. The molecule has 6 heterocycles. The lowest BCUT2D eigenvalue weighted by atomic mass is 9.72. The van der Waals surface area contributed by atoms with E-state index in [0.29, 0.717) is 62.0 Å². The number of hydrogen-bond acceptors (Lipinski definition) is 16. The zero-order chi connectivity index (χ0) is 61.9. The van der Waals surface area contributed by atoms with E-state index in [4.69, 9.17) is 21.1 Å². The van der Waals surface area contributed by atoms with Crippen molar-refractivity contribution >= 4 is 90.7 Å². The van der Waals surface area contributed by atoms with Gasteiger partial charge in [-0.15, -0.1) is 0 Å². The molecular weight excluding hydrogens is 1170 g/mol. The zero-order valence-electron chi connectivity index (χ0n) is 48.6. The van der Waals surface area contributed by atoms with Gasteiger partial charge in [0.1, 0.15) is 35.5 Å². The number of piperidine rings is 2. The number of nitrogens with one attached hydrogen (secondary N) is 4. The van der Waals surface area contributed by atoms with Crippen LogP contribution in [0.2, 0.25) is 5.02 Å². The van der Waals surface area contributed by atoms with Crippen LogP contribution in [0.1, 0.15) is 107 Å². The quantitative estimate of drug-likeness (QED) is 0.0207. The minimum Gasteiger partial charge on any atom is -0.455 e. The van der Waals surface area contributed by atoms with Gasteiger partial charge in [-0.3, -0.25) is 54.0 Å². The molecule has 1 aliphatic carbocycles. The first kappa shape index (κ1) is 60.7. The number of carbonyl (C=O) groups is 6. The molecule has 6 aromatic rings. The van der Waals surface area contributed by atoms with Crippen LogP contribution in [-0.2, 0) is 29.1 Å². The summed E-state index contributed by atoms with van der Waals surface area (Å²) in [6.45, 7) is 9.59. The Morgan fingerprint density at radius 1 is 0.909 bits per heavy atom. The molecule has 4 aliphatic heterocycles. The predicted molar refractivity (Wildman–Crippen MR) is 328 cm³/mol.